The highest BCUT2D eigenvalue weighted by atomic mass is 16.5. The number of amides is 1. The first-order chi connectivity index (χ1) is 12.6. The van der Waals surface area contributed by atoms with Gasteiger partial charge in [0.05, 0.1) is 30.0 Å². The Labute approximate surface area is 153 Å². The summed E-state index contributed by atoms with van der Waals surface area (Å²) in [5.74, 6) is 0.919. The number of rotatable bonds is 4. The van der Waals surface area contributed by atoms with Crippen LogP contribution in [-0.4, -0.2) is 56.9 Å². The topological polar surface area (TPSA) is 72.3 Å². The third-order valence-electron chi connectivity index (χ3n) is 5.31. The van der Waals surface area contributed by atoms with Gasteiger partial charge in [-0.2, -0.15) is 5.10 Å². The van der Waals surface area contributed by atoms with Gasteiger partial charge in [0.15, 0.2) is 0 Å². The van der Waals surface area contributed by atoms with Crippen molar-refractivity contribution in [3.8, 4) is 0 Å². The molecule has 26 heavy (non-hydrogen) atoms. The van der Waals surface area contributed by atoms with Gasteiger partial charge in [-0.15, -0.1) is 0 Å². The maximum absolute atomic E-state index is 12.7. The summed E-state index contributed by atoms with van der Waals surface area (Å²) in [4.78, 5) is 18.9. The Morgan fingerprint density at radius 2 is 2.35 bits per heavy atom. The minimum absolute atomic E-state index is 0.0484. The third kappa shape index (κ3) is 3.58. The van der Waals surface area contributed by atoms with Crippen LogP contribution in [0.4, 0.5) is 5.82 Å². The van der Waals surface area contributed by atoms with Gasteiger partial charge in [0.25, 0.3) is 5.91 Å². The fourth-order valence-corrected chi connectivity index (χ4v) is 3.99. The molecule has 0 saturated carbocycles. The summed E-state index contributed by atoms with van der Waals surface area (Å²) in [7, 11) is 1.83. The van der Waals surface area contributed by atoms with Crippen LogP contribution in [0, 0.1) is 0 Å². The number of aryl methyl sites for hydroxylation is 1. The summed E-state index contributed by atoms with van der Waals surface area (Å²) < 4.78 is 8.14. The zero-order chi connectivity index (χ0) is 18.0. The maximum Gasteiger partial charge on any atom is 0.257 e. The highest BCUT2D eigenvalue weighted by molar-refractivity contribution is 5.94. The molecule has 2 saturated heterocycles. The van der Waals surface area contributed by atoms with Crippen molar-refractivity contribution < 1.29 is 9.53 Å². The van der Waals surface area contributed by atoms with E-state index in [4.69, 9.17) is 4.74 Å². The van der Waals surface area contributed by atoms with Gasteiger partial charge in [-0.25, -0.2) is 4.98 Å². The molecule has 138 valence electrons. The smallest absolute Gasteiger partial charge is 0.257 e. The summed E-state index contributed by atoms with van der Waals surface area (Å²) in [6.45, 7) is 2.16. The Bertz CT molecular complexity index is 762. The van der Waals surface area contributed by atoms with Crippen LogP contribution < -0.4 is 5.32 Å². The molecule has 4 heterocycles. The van der Waals surface area contributed by atoms with E-state index in [0.29, 0.717) is 12.1 Å². The van der Waals surface area contributed by atoms with Gasteiger partial charge in [-0.3, -0.25) is 9.48 Å². The Balaban J connectivity index is 1.35. The maximum atomic E-state index is 12.7. The molecule has 2 aliphatic heterocycles. The number of pyridine rings is 1. The lowest BCUT2D eigenvalue weighted by atomic mass is 9.90. The van der Waals surface area contributed by atoms with Crippen LogP contribution in [0.25, 0.3) is 0 Å². The summed E-state index contributed by atoms with van der Waals surface area (Å²) in [5.41, 5.74) is 0.445. The van der Waals surface area contributed by atoms with Gasteiger partial charge in [0, 0.05) is 32.5 Å². The lowest BCUT2D eigenvalue weighted by Gasteiger charge is -2.38. The monoisotopic (exact) mass is 355 g/mol. The van der Waals surface area contributed by atoms with Gasteiger partial charge in [-0.1, -0.05) is 6.07 Å². The van der Waals surface area contributed by atoms with Crippen LogP contribution in [0.15, 0.2) is 36.8 Å². The predicted molar refractivity (Wildman–Crippen MR) is 97.9 cm³/mol. The van der Waals surface area contributed by atoms with Crippen molar-refractivity contribution in [2.75, 3.05) is 25.0 Å². The van der Waals surface area contributed by atoms with E-state index in [1.54, 1.807) is 23.3 Å². The molecule has 2 fully saturated rings. The van der Waals surface area contributed by atoms with E-state index >= 15 is 0 Å². The van der Waals surface area contributed by atoms with Crippen molar-refractivity contribution in [1.29, 1.82) is 0 Å². The second kappa shape index (κ2) is 7.07. The Morgan fingerprint density at radius 3 is 3.12 bits per heavy atom. The highest BCUT2D eigenvalue weighted by Crippen LogP contribution is 2.37. The standard InChI is InChI=1S/C19H25N5O2/c1-23-13-15(11-22-23)18(25)24-10-8-19(14-24)7-4-5-16(26-19)12-21-17-6-2-3-9-20-17/h2-3,6,9,11,13,16H,4-5,7-8,10,12,14H2,1H3,(H,20,21)/t16-,19-/m0/s1. The third-order valence-corrected chi connectivity index (χ3v) is 5.31. The second-order valence-corrected chi connectivity index (χ2v) is 7.29. The molecular weight excluding hydrogens is 330 g/mol. The summed E-state index contributed by atoms with van der Waals surface area (Å²) in [5, 5.41) is 7.46. The highest BCUT2D eigenvalue weighted by Gasteiger charge is 2.44. The minimum Gasteiger partial charge on any atom is -0.368 e. The van der Waals surface area contributed by atoms with Crippen molar-refractivity contribution in [2.24, 2.45) is 7.05 Å². The molecule has 2 aliphatic rings. The number of likely N-dealkylation sites (tertiary alicyclic amines) is 1. The average molecular weight is 355 g/mol. The molecule has 0 aromatic carbocycles. The largest absolute Gasteiger partial charge is 0.368 e. The van der Waals surface area contributed by atoms with Crippen molar-refractivity contribution in [3.63, 3.8) is 0 Å². The van der Waals surface area contributed by atoms with Crippen LogP contribution in [0.2, 0.25) is 0 Å². The second-order valence-electron chi connectivity index (χ2n) is 7.29. The average Bonchev–Trinajstić information content (AvgIpc) is 3.27. The van der Waals surface area contributed by atoms with Gasteiger partial charge < -0.3 is 15.0 Å². The van der Waals surface area contributed by atoms with Gasteiger partial charge in [0.2, 0.25) is 0 Å². The fourth-order valence-electron chi connectivity index (χ4n) is 3.99. The van der Waals surface area contributed by atoms with Crippen molar-refractivity contribution in [1.82, 2.24) is 19.7 Å². The quantitative estimate of drug-likeness (QED) is 0.909. The minimum atomic E-state index is -0.202. The van der Waals surface area contributed by atoms with Crippen molar-refractivity contribution in [2.45, 2.75) is 37.4 Å². The van der Waals surface area contributed by atoms with Crippen LogP contribution in [-0.2, 0) is 11.8 Å². The SMILES string of the molecule is Cn1cc(C(=O)N2CC[C@@]3(CCC[C@@H](CNc4ccccn4)O3)C2)cn1. The molecule has 4 rings (SSSR count). The van der Waals surface area contributed by atoms with E-state index in [1.807, 2.05) is 30.1 Å². The molecule has 0 bridgehead atoms. The number of carbonyl (C=O) groups is 1. The van der Waals surface area contributed by atoms with Gasteiger partial charge in [-0.05, 0) is 37.8 Å². The van der Waals surface area contributed by atoms with Gasteiger partial charge >= 0.3 is 0 Å². The number of hydrogen-bond donors (Lipinski definition) is 1. The van der Waals surface area contributed by atoms with Gasteiger partial charge in [0.1, 0.15) is 5.82 Å². The molecule has 0 aliphatic carbocycles. The van der Waals surface area contributed by atoms with E-state index in [2.05, 4.69) is 15.4 Å². The molecule has 1 spiro atoms. The lowest BCUT2D eigenvalue weighted by Crippen LogP contribution is -2.45. The number of carbonyl (C=O) groups excluding carboxylic acids is 1. The Hall–Kier alpha value is -2.41. The molecule has 2 atom stereocenters. The first-order valence-corrected chi connectivity index (χ1v) is 9.24. The number of hydrogen-bond acceptors (Lipinski definition) is 5. The molecule has 1 amide bonds. The number of aromatic nitrogens is 3. The van der Waals surface area contributed by atoms with Crippen molar-refractivity contribution in [3.05, 3.63) is 42.4 Å². The predicted octanol–water partition coefficient (Wildman–Crippen LogP) is 2.08. The fraction of sp³-hybridized carbons (Fsp3) is 0.526. The molecule has 1 N–H and O–H groups in total. The first-order valence-electron chi connectivity index (χ1n) is 9.24. The molecule has 0 radical (unpaired) electrons. The lowest BCUT2D eigenvalue weighted by molar-refractivity contribution is -0.114. The van der Waals surface area contributed by atoms with E-state index in [9.17, 15) is 4.79 Å². The zero-order valence-electron chi connectivity index (χ0n) is 15.1. The number of anilines is 1. The number of nitrogens with zero attached hydrogens (tertiary/aromatic N) is 4. The van der Waals surface area contributed by atoms with Crippen LogP contribution in [0.1, 0.15) is 36.0 Å². The molecule has 2 aromatic heterocycles. The molecule has 7 nitrogen and oxygen atoms in total. The molecular formula is C19H25N5O2. The number of ether oxygens (including phenoxy) is 1. The van der Waals surface area contributed by atoms with E-state index in [-0.39, 0.29) is 17.6 Å². The van der Waals surface area contributed by atoms with E-state index in [1.165, 1.54) is 0 Å². The van der Waals surface area contributed by atoms with E-state index < -0.39 is 0 Å². The Morgan fingerprint density at radius 1 is 1.42 bits per heavy atom. The molecule has 7 heteroatoms. The normalized spacial score (nSPS) is 25.6. The summed E-state index contributed by atoms with van der Waals surface area (Å²) in [6.07, 6.45) is 9.43. The molecule has 2 aromatic rings. The summed E-state index contributed by atoms with van der Waals surface area (Å²) >= 11 is 0. The van der Waals surface area contributed by atoms with Crippen LogP contribution in [0.3, 0.4) is 0 Å². The Kier molecular flexibility index (Phi) is 4.63. The zero-order valence-corrected chi connectivity index (χ0v) is 15.1. The van der Waals surface area contributed by atoms with Crippen LogP contribution in [0.5, 0.6) is 0 Å². The first kappa shape index (κ1) is 17.0. The van der Waals surface area contributed by atoms with Crippen molar-refractivity contribution >= 4 is 11.7 Å². The summed E-state index contributed by atoms with van der Waals surface area (Å²) in [6, 6.07) is 5.84. The molecule has 0 unspecified atom stereocenters. The van der Waals surface area contributed by atoms with Crippen LogP contribution >= 0.6 is 0 Å². The van der Waals surface area contributed by atoms with E-state index in [0.717, 1.165) is 44.6 Å². The number of nitrogens with one attached hydrogen (secondary N) is 1.